The Morgan fingerprint density at radius 1 is 0.591 bits per heavy atom. The van der Waals surface area contributed by atoms with Crippen LogP contribution in [0.5, 0.6) is 0 Å². The minimum atomic E-state index is -1.36. The summed E-state index contributed by atoms with van der Waals surface area (Å²) in [6.07, 6.45) is 4.18. The molecule has 12 nitrogen and oxygen atoms in total. The maximum Gasteiger partial charge on any atom is 0.314 e. The molecule has 2 amide bonds. The monoisotopic (exact) mass is 624 g/mol. The first kappa shape index (κ1) is 37.0. The molecule has 250 valence electrons. The second-order valence-corrected chi connectivity index (χ2v) is 11.6. The van der Waals surface area contributed by atoms with Gasteiger partial charge in [-0.25, -0.2) is 0 Å². The van der Waals surface area contributed by atoms with Gasteiger partial charge in [0.15, 0.2) is 18.3 Å². The molecule has 0 radical (unpaired) electrons. The van der Waals surface area contributed by atoms with Crippen LogP contribution in [0.4, 0.5) is 0 Å². The summed E-state index contributed by atoms with van der Waals surface area (Å²) in [5.41, 5.74) is 0. The van der Waals surface area contributed by atoms with E-state index in [1.807, 2.05) is 27.7 Å². The highest BCUT2D eigenvalue weighted by Gasteiger charge is 2.61. The van der Waals surface area contributed by atoms with Gasteiger partial charge in [-0.05, 0) is 25.7 Å². The normalized spacial score (nSPS) is 22.6. The molecule has 2 saturated heterocycles. The van der Waals surface area contributed by atoms with Gasteiger partial charge in [-0.2, -0.15) is 0 Å². The van der Waals surface area contributed by atoms with E-state index in [1.54, 1.807) is 0 Å². The van der Waals surface area contributed by atoms with Crippen molar-refractivity contribution in [3.05, 3.63) is 0 Å². The van der Waals surface area contributed by atoms with E-state index in [-0.39, 0.29) is 25.7 Å². The number of amides is 2. The third-order valence-electron chi connectivity index (χ3n) is 7.86. The first-order chi connectivity index (χ1) is 21.2. The highest BCUT2D eigenvalue weighted by atomic mass is 16.6. The Kier molecular flexibility index (Phi) is 16.8. The lowest BCUT2D eigenvalue weighted by Gasteiger charge is -2.48. The topological polar surface area (TPSA) is 155 Å². The fourth-order valence-corrected chi connectivity index (χ4v) is 5.40. The van der Waals surface area contributed by atoms with Crippen LogP contribution in [0.15, 0.2) is 0 Å². The SMILES string of the molecule is CCCCCC(=O)OC[C@@H]1[C@@H](OC(=O)CCCCC)[C@H](OC(=O)CCCCC)[C@H](OC(=O)CCCCC)[C@H]2NC(=O)C(=O)N12. The number of esters is 4. The number of unbranched alkanes of at least 4 members (excludes halogenated alkanes) is 8. The van der Waals surface area contributed by atoms with Gasteiger partial charge in [0, 0.05) is 25.7 Å². The average molecular weight is 625 g/mol. The molecular formula is C32H52N2O10. The number of hydrogen-bond donors (Lipinski definition) is 1. The van der Waals surface area contributed by atoms with Crippen molar-refractivity contribution in [3.63, 3.8) is 0 Å². The molecule has 1 N–H and O–H groups in total. The van der Waals surface area contributed by atoms with Crippen molar-refractivity contribution in [2.24, 2.45) is 0 Å². The van der Waals surface area contributed by atoms with Crippen molar-refractivity contribution in [1.82, 2.24) is 10.2 Å². The van der Waals surface area contributed by atoms with Crippen LogP contribution in [0.1, 0.15) is 130 Å². The van der Waals surface area contributed by atoms with Gasteiger partial charge in [0.05, 0.1) is 0 Å². The molecule has 12 heteroatoms. The summed E-state index contributed by atoms with van der Waals surface area (Å²) in [6.45, 7) is 7.59. The Balaban J connectivity index is 2.48. The standard InChI is InChI=1S/C32H52N2O10/c1-5-9-13-17-23(35)41-21-22-27(42-24(36)18-14-10-6-2)28(43-25(37)19-15-11-7-3)29(44-26(38)20-16-12-8-4)30-33-31(39)32(40)34(22)30/h22,27-30H,5-21H2,1-4H3,(H,33,39)/t22-,27-,28+,29+,30+/m1/s1. The number of carbonyl (C=O) groups excluding carboxylic acids is 6. The Labute approximate surface area is 261 Å². The Bertz CT molecular complexity index is 971. The van der Waals surface area contributed by atoms with Crippen LogP contribution < -0.4 is 5.32 Å². The smallest absolute Gasteiger partial charge is 0.314 e. The van der Waals surface area contributed by atoms with Crippen LogP contribution in [0.2, 0.25) is 0 Å². The number of piperidine rings is 1. The zero-order chi connectivity index (χ0) is 32.5. The summed E-state index contributed by atoms with van der Waals surface area (Å²) in [5.74, 6) is -4.21. The lowest BCUT2D eigenvalue weighted by Crippen LogP contribution is -2.70. The molecule has 2 aliphatic rings. The van der Waals surface area contributed by atoms with E-state index in [2.05, 4.69) is 5.32 Å². The van der Waals surface area contributed by atoms with Gasteiger partial charge in [-0.1, -0.05) is 79.1 Å². The largest absolute Gasteiger partial charge is 0.463 e. The molecule has 0 aromatic heterocycles. The fourth-order valence-electron chi connectivity index (χ4n) is 5.40. The van der Waals surface area contributed by atoms with Crippen molar-refractivity contribution in [2.45, 2.75) is 161 Å². The molecule has 0 aromatic rings. The van der Waals surface area contributed by atoms with E-state index >= 15 is 0 Å². The van der Waals surface area contributed by atoms with Crippen LogP contribution in [-0.2, 0) is 47.7 Å². The van der Waals surface area contributed by atoms with Gasteiger partial charge >= 0.3 is 35.7 Å². The van der Waals surface area contributed by atoms with Crippen LogP contribution in [-0.4, -0.2) is 77.7 Å². The summed E-state index contributed by atoms with van der Waals surface area (Å²) in [6, 6.07) is -1.17. The van der Waals surface area contributed by atoms with Gasteiger partial charge < -0.3 is 24.3 Å². The minimum Gasteiger partial charge on any atom is -0.463 e. The summed E-state index contributed by atoms with van der Waals surface area (Å²) in [4.78, 5) is 78.6. The molecule has 0 saturated carbocycles. The van der Waals surface area contributed by atoms with Gasteiger partial charge in [0.25, 0.3) is 0 Å². The zero-order valence-electron chi connectivity index (χ0n) is 26.9. The van der Waals surface area contributed by atoms with Crippen molar-refractivity contribution in [3.8, 4) is 0 Å². The summed E-state index contributed by atoms with van der Waals surface area (Å²) in [5, 5.41) is 2.55. The predicted molar refractivity (Wildman–Crippen MR) is 160 cm³/mol. The first-order valence-corrected chi connectivity index (χ1v) is 16.5. The number of ether oxygens (including phenoxy) is 4. The lowest BCUT2D eigenvalue weighted by molar-refractivity contribution is -0.219. The summed E-state index contributed by atoms with van der Waals surface area (Å²) >= 11 is 0. The second kappa shape index (κ2) is 20.0. The lowest BCUT2D eigenvalue weighted by atomic mass is 9.91. The Morgan fingerprint density at radius 2 is 1.00 bits per heavy atom. The van der Waals surface area contributed by atoms with Crippen molar-refractivity contribution in [1.29, 1.82) is 0 Å². The molecule has 0 aromatic carbocycles. The van der Waals surface area contributed by atoms with Gasteiger partial charge in [-0.15, -0.1) is 0 Å². The van der Waals surface area contributed by atoms with E-state index in [0.717, 1.165) is 56.3 Å². The third-order valence-corrected chi connectivity index (χ3v) is 7.86. The zero-order valence-corrected chi connectivity index (χ0v) is 26.9. The molecular weight excluding hydrogens is 572 g/mol. The summed E-state index contributed by atoms with van der Waals surface area (Å²) in [7, 11) is 0. The number of nitrogens with one attached hydrogen (secondary N) is 1. The second-order valence-electron chi connectivity index (χ2n) is 11.6. The number of carbonyl (C=O) groups is 6. The van der Waals surface area contributed by atoms with Crippen molar-refractivity contribution in [2.75, 3.05) is 6.61 Å². The highest BCUT2D eigenvalue weighted by molar-refractivity contribution is 6.37. The number of rotatable bonds is 21. The Morgan fingerprint density at radius 3 is 1.45 bits per heavy atom. The van der Waals surface area contributed by atoms with Gasteiger partial charge in [-0.3, -0.25) is 33.7 Å². The molecule has 2 rings (SSSR count). The van der Waals surface area contributed by atoms with Gasteiger partial charge in [0.2, 0.25) is 0 Å². The highest BCUT2D eigenvalue weighted by Crippen LogP contribution is 2.34. The molecule has 0 spiro atoms. The van der Waals surface area contributed by atoms with E-state index in [4.69, 9.17) is 18.9 Å². The van der Waals surface area contributed by atoms with E-state index in [0.29, 0.717) is 25.7 Å². The maximum absolute atomic E-state index is 13.2. The first-order valence-electron chi connectivity index (χ1n) is 16.5. The van der Waals surface area contributed by atoms with Crippen LogP contribution in [0, 0.1) is 0 Å². The molecule has 44 heavy (non-hydrogen) atoms. The molecule has 2 aliphatic heterocycles. The maximum atomic E-state index is 13.2. The quantitative estimate of drug-likeness (QED) is 0.0848. The molecule has 0 aliphatic carbocycles. The number of hydrogen-bond acceptors (Lipinski definition) is 10. The van der Waals surface area contributed by atoms with Crippen LogP contribution in [0.25, 0.3) is 0 Å². The molecule has 2 heterocycles. The summed E-state index contributed by atoms with van der Waals surface area (Å²) < 4.78 is 23.1. The molecule has 0 unspecified atom stereocenters. The van der Waals surface area contributed by atoms with Crippen LogP contribution in [0.3, 0.4) is 0 Å². The van der Waals surface area contributed by atoms with Crippen molar-refractivity contribution >= 4 is 35.7 Å². The number of fused-ring (bicyclic) bond motifs is 1. The van der Waals surface area contributed by atoms with Gasteiger partial charge in [0.1, 0.15) is 18.8 Å². The van der Waals surface area contributed by atoms with E-state index in [9.17, 15) is 28.8 Å². The average Bonchev–Trinajstić information content (AvgIpc) is 3.28. The van der Waals surface area contributed by atoms with E-state index in [1.165, 1.54) is 0 Å². The number of nitrogens with zero attached hydrogens (tertiary/aromatic N) is 1. The van der Waals surface area contributed by atoms with Crippen LogP contribution >= 0.6 is 0 Å². The molecule has 5 atom stereocenters. The molecule has 0 bridgehead atoms. The third kappa shape index (κ3) is 11.4. The fraction of sp³-hybridized carbons (Fsp3) is 0.812. The Hall–Kier alpha value is -3.18. The van der Waals surface area contributed by atoms with Crippen molar-refractivity contribution < 1.29 is 47.7 Å². The predicted octanol–water partition coefficient (Wildman–Crippen LogP) is 4.25. The molecule has 2 fully saturated rings. The van der Waals surface area contributed by atoms with E-state index < -0.39 is 72.8 Å². The minimum absolute atomic E-state index is 0.0705.